The largest absolute Gasteiger partial charge is 0.482 e. The number of hydrogen-bond donors (Lipinski definition) is 3. The number of ether oxygens (including phenoxy) is 1. The number of anilines is 2. The van der Waals surface area contributed by atoms with Crippen LogP contribution in [-0.2, 0) is 33.9 Å². The Bertz CT molecular complexity index is 1970. The number of urea groups is 1. The predicted octanol–water partition coefficient (Wildman–Crippen LogP) is 3.70. The van der Waals surface area contributed by atoms with Gasteiger partial charge in [-0.1, -0.05) is 58.8 Å². The molecule has 0 aliphatic carbocycles. The number of benzene rings is 3. The number of rotatable bonds is 7. The molecule has 4 N–H and O–H groups in total. The fourth-order valence-electron chi connectivity index (χ4n) is 6.34. The molecule has 7 rings (SSSR count). The standard InChI is InChI=1S/C32H30Cl2N8O5S/c1-39(32(46)36-12-18-5-7-20(33)21(34)9-18)41-15-28(44)42-23(11-17-6-8-24-22(10-17)37-26(43)16-47-24)30(45)40(14-27(41)42)13-19-3-2-4-25-29(19)38-31(35)48-25/h2-10,23,27H,11-16H2,1H3,(H2,35,38)(H,36,46)(H,37,43)/t23?,27-/m1/s1. The smallest absolute Gasteiger partial charge is 0.332 e. The van der Waals surface area contributed by atoms with Crippen LogP contribution in [0.1, 0.15) is 16.7 Å². The molecule has 1 unspecified atom stereocenters. The van der Waals surface area contributed by atoms with Gasteiger partial charge >= 0.3 is 6.03 Å². The van der Waals surface area contributed by atoms with E-state index in [1.807, 2.05) is 24.3 Å². The van der Waals surface area contributed by atoms with Crippen molar-refractivity contribution in [1.29, 1.82) is 0 Å². The highest BCUT2D eigenvalue weighted by Crippen LogP contribution is 2.34. The van der Waals surface area contributed by atoms with E-state index in [2.05, 4.69) is 15.6 Å². The predicted molar refractivity (Wildman–Crippen MR) is 181 cm³/mol. The second-order valence-corrected chi connectivity index (χ2v) is 13.6. The Morgan fingerprint density at radius 3 is 2.75 bits per heavy atom. The number of thiazole rings is 1. The zero-order valence-electron chi connectivity index (χ0n) is 25.6. The van der Waals surface area contributed by atoms with Crippen LogP contribution < -0.4 is 21.1 Å². The fourth-order valence-corrected chi connectivity index (χ4v) is 7.45. The van der Waals surface area contributed by atoms with Gasteiger partial charge in [0.25, 0.3) is 5.91 Å². The molecule has 248 valence electrons. The van der Waals surface area contributed by atoms with Crippen molar-refractivity contribution >= 4 is 79.3 Å². The van der Waals surface area contributed by atoms with Gasteiger partial charge in [0.1, 0.15) is 18.0 Å². The first kappa shape index (κ1) is 31.9. The highest BCUT2D eigenvalue weighted by Gasteiger charge is 2.51. The number of piperazine rings is 1. The summed E-state index contributed by atoms with van der Waals surface area (Å²) in [5.74, 6) is -0.278. The van der Waals surface area contributed by atoms with Crippen LogP contribution in [0, 0.1) is 0 Å². The van der Waals surface area contributed by atoms with Gasteiger partial charge in [0, 0.05) is 26.6 Å². The molecule has 0 spiro atoms. The molecule has 0 saturated carbocycles. The van der Waals surface area contributed by atoms with E-state index in [0.717, 1.165) is 26.9 Å². The second kappa shape index (κ2) is 12.8. The van der Waals surface area contributed by atoms with Crippen LogP contribution in [0.4, 0.5) is 15.6 Å². The van der Waals surface area contributed by atoms with E-state index in [4.69, 9.17) is 33.7 Å². The second-order valence-electron chi connectivity index (χ2n) is 11.7. The number of carbonyl (C=O) groups excluding carboxylic acids is 4. The Labute approximate surface area is 289 Å². The molecule has 5 amide bonds. The molecular weight excluding hydrogens is 679 g/mol. The van der Waals surface area contributed by atoms with Crippen molar-refractivity contribution in [2.24, 2.45) is 0 Å². The van der Waals surface area contributed by atoms with E-state index in [0.29, 0.717) is 26.6 Å². The van der Waals surface area contributed by atoms with Crippen molar-refractivity contribution in [3.63, 3.8) is 0 Å². The summed E-state index contributed by atoms with van der Waals surface area (Å²) in [6.07, 6.45) is -0.461. The highest BCUT2D eigenvalue weighted by molar-refractivity contribution is 7.22. The van der Waals surface area contributed by atoms with Crippen molar-refractivity contribution in [1.82, 2.24) is 30.1 Å². The Morgan fingerprint density at radius 2 is 1.94 bits per heavy atom. The van der Waals surface area contributed by atoms with Crippen molar-refractivity contribution < 1.29 is 23.9 Å². The van der Waals surface area contributed by atoms with E-state index in [1.165, 1.54) is 16.3 Å². The molecule has 3 aliphatic rings. The number of hydrogen-bond acceptors (Lipinski definition) is 9. The van der Waals surface area contributed by atoms with Gasteiger partial charge in [0.15, 0.2) is 11.7 Å². The Balaban J connectivity index is 1.17. The minimum Gasteiger partial charge on any atom is -0.482 e. The topological polar surface area (TPSA) is 153 Å². The third kappa shape index (κ3) is 6.07. The number of nitrogens with zero attached hydrogens (tertiary/aromatic N) is 5. The lowest BCUT2D eigenvalue weighted by Gasteiger charge is -2.45. The third-order valence-electron chi connectivity index (χ3n) is 8.66. The quantitative estimate of drug-likeness (QED) is 0.263. The molecule has 16 heteroatoms. The van der Waals surface area contributed by atoms with Crippen LogP contribution in [0.5, 0.6) is 5.75 Å². The van der Waals surface area contributed by atoms with E-state index in [1.54, 1.807) is 52.2 Å². The number of nitrogen functional groups attached to an aromatic ring is 1. The van der Waals surface area contributed by atoms with Crippen molar-refractivity contribution in [3.8, 4) is 5.75 Å². The molecule has 13 nitrogen and oxygen atoms in total. The number of hydrazine groups is 1. The Hall–Kier alpha value is -4.63. The van der Waals surface area contributed by atoms with Crippen LogP contribution in [0.3, 0.4) is 0 Å². The lowest BCUT2D eigenvalue weighted by molar-refractivity contribution is -0.157. The minimum absolute atomic E-state index is 0.0753. The Morgan fingerprint density at radius 1 is 1.12 bits per heavy atom. The molecule has 2 saturated heterocycles. The molecule has 48 heavy (non-hydrogen) atoms. The van der Waals surface area contributed by atoms with Crippen LogP contribution >= 0.6 is 34.5 Å². The maximum absolute atomic E-state index is 14.3. The molecule has 3 aromatic carbocycles. The van der Waals surface area contributed by atoms with Gasteiger partial charge in [-0.25, -0.2) is 9.78 Å². The maximum Gasteiger partial charge on any atom is 0.332 e. The molecule has 4 aromatic rings. The van der Waals surface area contributed by atoms with Crippen molar-refractivity contribution in [3.05, 3.63) is 81.3 Å². The summed E-state index contributed by atoms with van der Waals surface area (Å²) in [4.78, 5) is 61.1. The van der Waals surface area contributed by atoms with E-state index >= 15 is 0 Å². The first-order valence-electron chi connectivity index (χ1n) is 15.1. The first-order valence-corrected chi connectivity index (χ1v) is 16.6. The molecule has 2 fully saturated rings. The number of carbonyl (C=O) groups is 4. The molecule has 1 aromatic heterocycles. The van der Waals surface area contributed by atoms with Crippen LogP contribution in [0.2, 0.25) is 10.0 Å². The van der Waals surface area contributed by atoms with Gasteiger partial charge in [0.2, 0.25) is 11.8 Å². The van der Waals surface area contributed by atoms with Gasteiger partial charge in [0.05, 0.1) is 39.0 Å². The molecule has 0 bridgehead atoms. The number of nitrogens with one attached hydrogen (secondary N) is 2. The summed E-state index contributed by atoms with van der Waals surface area (Å²) < 4.78 is 6.41. The van der Waals surface area contributed by atoms with Crippen molar-refractivity contribution in [2.45, 2.75) is 31.7 Å². The number of amides is 5. The Kier molecular flexibility index (Phi) is 8.50. The molecule has 2 atom stereocenters. The van der Waals surface area contributed by atoms with Crippen LogP contribution in [0.25, 0.3) is 10.2 Å². The number of nitrogens with two attached hydrogens (primary N) is 1. The summed E-state index contributed by atoms with van der Waals surface area (Å²) >= 11 is 13.5. The molecule has 4 heterocycles. The lowest BCUT2D eigenvalue weighted by atomic mass is 9.99. The van der Waals surface area contributed by atoms with E-state index in [-0.39, 0.29) is 56.9 Å². The summed E-state index contributed by atoms with van der Waals surface area (Å²) in [6, 6.07) is 14.8. The molecular formula is C32H30Cl2N8O5S. The van der Waals surface area contributed by atoms with Crippen LogP contribution in [-0.4, -0.2) is 87.5 Å². The zero-order chi connectivity index (χ0) is 33.7. The number of fused-ring (bicyclic) bond motifs is 3. The maximum atomic E-state index is 14.3. The van der Waals surface area contributed by atoms with E-state index in [9.17, 15) is 19.2 Å². The van der Waals surface area contributed by atoms with Gasteiger partial charge in [-0.3, -0.25) is 19.4 Å². The summed E-state index contributed by atoms with van der Waals surface area (Å²) in [6.45, 7) is 0.376. The summed E-state index contributed by atoms with van der Waals surface area (Å²) in [5, 5.41) is 9.92. The van der Waals surface area contributed by atoms with Gasteiger partial charge in [-0.05, 0) is 47.0 Å². The average Bonchev–Trinajstić information content (AvgIpc) is 3.61. The normalized spacial score (nSPS) is 19.2. The monoisotopic (exact) mass is 708 g/mol. The van der Waals surface area contributed by atoms with E-state index < -0.39 is 18.2 Å². The lowest BCUT2D eigenvalue weighted by Crippen LogP contribution is -2.65. The first-order chi connectivity index (χ1) is 23.0. The number of para-hydroxylation sites is 1. The minimum atomic E-state index is -0.883. The van der Waals surface area contributed by atoms with Crippen LogP contribution in [0.15, 0.2) is 54.6 Å². The third-order valence-corrected chi connectivity index (χ3v) is 10.2. The molecule has 3 aliphatic heterocycles. The molecule has 0 radical (unpaired) electrons. The van der Waals surface area contributed by atoms with Gasteiger partial charge < -0.3 is 30.9 Å². The summed E-state index contributed by atoms with van der Waals surface area (Å²) in [7, 11) is 1.58. The SMILES string of the molecule is CN(C(=O)NCc1ccc(Cl)c(Cl)c1)N1CC(=O)N2C(Cc3ccc4c(c3)NC(=O)CO4)C(=O)N(Cc3cccc4sc(N)nc34)C[C@@H]21. The van der Waals surface area contributed by atoms with Crippen molar-refractivity contribution in [2.75, 3.05) is 37.8 Å². The fraction of sp³-hybridized carbons (Fsp3) is 0.281. The highest BCUT2D eigenvalue weighted by atomic mass is 35.5. The average molecular weight is 710 g/mol. The zero-order valence-corrected chi connectivity index (χ0v) is 27.9. The number of aromatic nitrogens is 1. The number of halogens is 2. The summed E-state index contributed by atoms with van der Waals surface area (Å²) in [5.41, 5.74) is 9.53. The van der Waals surface area contributed by atoms with Gasteiger partial charge in [-0.2, -0.15) is 5.01 Å². The van der Waals surface area contributed by atoms with Gasteiger partial charge in [-0.15, -0.1) is 0 Å².